The van der Waals surface area contributed by atoms with Crippen molar-refractivity contribution in [3.8, 4) is 0 Å². The van der Waals surface area contributed by atoms with Gasteiger partial charge in [0.05, 0.1) is 12.2 Å². The maximum atomic E-state index is 12.1. The van der Waals surface area contributed by atoms with Gasteiger partial charge in [-0.25, -0.2) is 9.97 Å². The van der Waals surface area contributed by atoms with Crippen LogP contribution in [0.15, 0.2) is 18.6 Å². The second-order valence-electron chi connectivity index (χ2n) is 4.54. The van der Waals surface area contributed by atoms with Crippen molar-refractivity contribution < 1.29 is 9.59 Å². The van der Waals surface area contributed by atoms with Crippen LogP contribution in [-0.4, -0.2) is 38.8 Å². The molecule has 0 atom stereocenters. The Hall–Kier alpha value is -1.98. The zero-order chi connectivity index (χ0) is 12.5. The molecule has 90 valence electrons. The van der Waals surface area contributed by atoms with E-state index < -0.39 is 5.54 Å². The highest BCUT2D eigenvalue weighted by atomic mass is 16.2. The summed E-state index contributed by atoms with van der Waals surface area (Å²) in [4.78, 5) is 32.9. The van der Waals surface area contributed by atoms with Gasteiger partial charge >= 0.3 is 0 Å². The van der Waals surface area contributed by atoms with Crippen molar-refractivity contribution in [3.63, 3.8) is 0 Å². The van der Waals surface area contributed by atoms with E-state index in [0.29, 0.717) is 6.54 Å². The number of carbonyl (C=O) groups is 2. The number of piperazine rings is 1. The van der Waals surface area contributed by atoms with Crippen molar-refractivity contribution >= 4 is 11.8 Å². The minimum atomic E-state index is -0.845. The first-order chi connectivity index (χ1) is 7.99. The number of hydrogen-bond acceptors (Lipinski definition) is 4. The lowest BCUT2D eigenvalue weighted by molar-refractivity contribution is -0.149. The Morgan fingerprint density at radius 2 is 2.24 bits per heavy atom. The molecule has 0 aliphatic carbocycles. The molecule has 6 nitrogen and oxygen atoms in total. The van der Waals surface area contributed by atoms with Gasteiger partial charge < -0.3 is 10.2 Å². The average Bonchev–Trinajstić information content (AvgIpc) is 2.26. The summed E-state index contributed by atoms with van der Waals surface area (Å²) in [6, 6.07) is 1.73. The number of aromatic nitrogens is 2. The van der Waals surface area contributed by atoms with Crippen molar-refractivity contribution in [1.82, 2.24) is 20.2 Å². The molecule has 2 amide bonds. The van der Waals surface area contributed by atoms with E-state index in [1.54, 1.807) is 26.1 Å². The molecule has 1 aliphatic rings. The molecule has 0 unspecified atom stereocenters. The molecule has 0 saturated carbocycles. The molecule has 1 aromatic rings. The Morgan fingerprint density at radius 1 is 1.47 bits per heavy atom. The predicted molar refractivity (Wildman–Crippen MR) is 59.7 cm³/mol. The minimum Gasteiger partial charge on any atom is -0.341 e. The SMILES string of the molecule is CC1(C)NC(=O)CN(Cc2ccncn2)C1=O. The Balaban J connectivity index is 2.15. The molecule has 1 saturated heterocycles. The molecule has 1 aromatic heterocycles. The Morgan fingerprint density at radius 3 is 2.88 bits per heavy atom. The molecule has 0 spiro atoms. The molecule has 0 radical (unpaired) electrons. The molecule has 2 rings (SSSR count). The third-order valence-corrected chi connectivity index (χ3v) is 2.60. The fourth-order valence-electron chi connectivity index (χ4n) is 1.82. The first kappa shape index (κ1) is 11.5. The molecular formula is C11H14N4O2. The molecule has 1 fully saturated rings. The van der Waals surface area contributed by atoms with Gasteiger partial charge in [-0.15, -0.1) is 0 Å². The van der Waals surface area contributed by atoms with Gasteiger partial charge in [-0.2, -0.15) is 0 Å². The summed E-state index contributed by atoms with van der Waals surface area (Å²) in [5.41, 5.74) is -0.124. The van der Waals surface area contributed by atoms with Gasteiger partial charge in [-0.3, -0.25) is 9.59 Å². The van der Waals surface area contributed by atoms with Crippen LogP contribution in [0.2, 0.25) is 0 Å². The molecule has 1 N–H and O–H groups in total. The lowest BCUT2D eigenvalue weighted by Gasteiger charge is -2.37. The van der Waals surface area contributed by atoms with Crippen molar-refractivity contribution in [3.05, 3.63) is 24.3 Å². The predicted octanol–water partition coefficient (Wildman–Crippen LogP) is -0.286. The van der Waals surface area contributed by atoms with Gasteiger partial charge in [-0.1, -0.05) is 0 Å². The van der Waals surface area contributed by atoms with E-state index in [1.807, 2.05) is 0 Å². The highest BCUT2D eigenvalue weighted by Gasteiger charge is 2.38. The van der Waals surface area contributed by atoms with Crippen LogP contribution in [0.5, 0.6) is 0 Å². The number of amides is 2. The fourth-order valence-corrected chi connectivity index (χ4v) is 1.82. The zero-order valence-electron chi connectivity index (χ0n) is 9.80. The number of nitrogens with one attached hydrogen (secondary N) is 1. The second-order valence-corrected chi connectivity index (χ2v) is 4.54. The molecule has 6 heteroatoms. The Kier molecular flexibility index (Phi) is 2.79. The first-order valence-corrected chi connectivity index (χ1v) is 5.34. The smallest absolute Gasteiger partial charge is 0.248 e. The number of carbonyl (C=O) groups excluding carboxylic acids is 2. The lowest BCUT2D eigenvalue weighted by Crippen LogP contribution is -2.63. The van der Waals surface area contributed by atoms with Gasteiger partial charge in [0.25, 0.3) is 0 Å². The second kappa shape index (κ2) is 4.12. The topological polar surface area (TPSA) is 75.2 Å². The maximum Gasteiger partial charge on any atom is 0.248 e. The highest BCUT2D eigenvalue weighted by molar-refractivity contribution is 5.97. The quantitative estimate of drug-likeness (QED) is 0.763. The largest absolute Gasteiger partial charge is 0.341 e. The van der Waals surface area contributed by atoms with Gasteiger partial charge in [0, 0.05) is 6.20 Å². The summed E-state index contributed by atoms with van der Waals surface area (Å²) in [5.74, 6) is -0.251. The van der Waals surface area contributed by atoms with E-state index in [-0.39, 0.29) is 18.4 Å². The van der Waals surface area contributed by atoms with Crippen LogP contribution >= 0.6 is 0 Å². The summed E-state index contributed by atoms with van der Waals surface area (Å²) in [7, 11) is 0. The zero-order valence-corrected chi connectivity index (χ0v) is 9.80. The van der Waals surface area contributed by atoms with Crippen molar-refractivity contribution in [1.29, 1.82) is 0 Å². The van der Waals surface area contributed by atoms with E-state index in [9.17, 15) is 9.59 Å². The third kappa shape index (κ3) is 2.41. The number of rotatable bonds is 2. The van der Waals surface area contributed by atoms with Gasteiger partial charge in [0.1, 0.15) is 18.4 Å². The standard InChI is InChI=1S/C11H14N4O2/c1-11(2)10(17)15(6-9(16)14-11)5-8-3-4-12-7-13-8/h3-4,7H,5-6H2,1-2H3,(H,14,16). The fraction of sp³-hybridized carbons (Fsp3) is 0.455. The normalized spacial score (nSPS) is 19.1. The highest BCUT2D eigenvalue weighted by Crippen LogP contribution is 2.14. The summed E-state index contributed by atoms with van der Waals surface area (Å²) in [5, 5.41) is 2.66. The Bertz CT molecular complexity index is 444. The monoisotopic (exact) mass is 234 g/mol. The van der Waals surface area contributed by atoms with Crippen molar-refractivity contribution in [2.75, 3.05) is 6.54 Å². The molecule has 0 bridgehead atoms. The third-order valence-electron chi connectivity index (χ3n) is 2.60. The van der Waals surface area contributed by atoms with Crippen LogP contribution in [0, 0.1) is 0 Å². The van der Waals surface area contributed by atoms with Crippen LogP contribution < -0.4 is 5.32 Å². The van der Waals surface area contributed by atoms with Gasteiger partial charge in [-0.05, 0) is 19.9 Å². The van der Waals surface area contributed by atoms with E-state index in [1.165, 1.54) is 11.2 Å². The molecule has 0 aromatic carbocycles. The minimum absolute atomic E-state index is 0.0757. The molecule has 1 aliphatic heterocycles. The van der Waals surface area contributed by atoms with Crippen molar-refractivity contribution in [2.24, 2.45) is 0 Å². The summed E-state index contributed by atoms with van der Waals surface area (Å²) >= 11 is 0. The van der Waals surface area contributed by atoms with Gasteiger partial charge in [0.2, 0.25) is 11.8 Å². The van der Waals surface area contributed by atoms with Crippen LogP contribution in [0.3, 0.4) is 0 Å². The first-order valence-electron chi connectivity index (χ1n) is 5.34. The van der Waals surface area contributed by atoms with E-state index in [0.717, 1.165) is 5.69 Å². The number of hydrogen-bond donors (Lipinski definition) is 1. The van der Waals surface area contributed by atoms with E-state index in [2.05, 4.69) is 15.3 Å². The van der Waals surface area contributed by atoms with Crippen molar-refractivity contribution in [2.45, 2.75) is 25.9 Å². The van der Waals surface area contributed by atoms with Crippen LogP contribution in [0.25, 0.3) is 0 Å². The van der Waals surface area contributed by atoms with E-state index in [4.69, 9.17) is 0 Å². The van der Waals surface area contributed by atoms with Crippen LogP contribution in [0.4, 0.5) is 0 Å². The summed E-state index contributed by atoms with van der Waals surface area (Å²) in [6.07, 6.45) is 3.04. The molecule has 2 heterocycles. The average molecular weight is 234 g/mol. The Labute approximate surface area is 99.1 Å². The number of nitrogens with zero attached hydrogens (tertiary/aromatic N) is 3. The molecular weight excluding hydrogens is 220 g/mol. The van der Waals surface area contributed by atoms with Crippen LogP contribution in [0.1, 0.15) is 19.5 Å². The van der Waals surface area contributed by atoms with Crippen LogP contribution in [-0.2, 0) is 16.1 Å². The van der Waals surface area contributed by atoms with Gasteiger partial charge in [0.15, 0.2) is 0 Å². The summed E-state index contributed by atoms with van der Waals surface area (Å²) < 4.78 is 0. The lowest BCUT2D eigenvalue weighted by atomic mass is 10.0. The molecule has 17 heavy (non-hydrogen) atoms. The maximum absolute atomic E-state index is 12.1. The summed E-state index contributed by atoms with van der Waals surface area (Å²) in [6.45, 7) is 3.79. The van der Waals surface area contributed by atoms with E-state index >= 15 is 0 Å².